The van der Waals surface area contributed by atoms with E-state index in [1.54, 1.807) is 28.9 Å². The number of hydrogen-bond acceptors (Lipinski definition) is 6. The van der Waals surface area contributed by atoms with Crippen molar-refractivity contribution in [2.75, 3.05) is 6.54 Å². The number of carbonyl (C=O) groups excluding carboxylic acids is 1. The van der Waals surface area contributed by atoms with Gasteiger partial charge in [0.2, 0.25) is 5.89 Å². The van der Waals surface area contributed by atoms with Crippen molar-refractivity contribution >= 4 is 17.7 Å². The first-order valence-corrected chi connectivity index (χ1v) is 15.0. The molecule has 5 rings (SSSR count). The standard InChI is InChI=1S/C35H34N4O2S/c1-5-28-13-10-16-39(28)34(40)27-18-25(29-14-9-15-31(30(29)21-36)42-23(2)3)17-26(19-27)33-38-22-32(41-33)35(4,37)20-24-11-7-6-8-12-24/h1,6-9,11-12,14-15,17-19,22-23,28H,10,13,16,20,37H2,2-4H3/t28?,35-/m1/s1. The lowest BCUT2D eigenvalue weighted by Gasteiger charge is -2.22. The number of benzene rings is 3. The Morgan fingerprint density at radius 1 is 1.19 bits per heavy atom. The van der Waals surface area contributed by atoms with E-state index in [2.05, 4.69) is 30.8 Å². The molecule has 1 aliphatic heterocycles. The van der Waals surface area contributed by atoms with Crippen LogP contribution in [-0.2, 0) is 12.0 Å². The van der Waals surface area contributed by atoms with Crippen LogP contribution in [0.5, 0.6) is 0 Å². The van der Waals surface area contributed by atoms with Crippen molar-refractivity contribution in [1.29, 1.82) is 5.26 Å². The van der Waals surface area contributed by atoms with E-state index in [0.717, 1.165) is 34.4 Å². The van der Waals surface area contributed by atoms with Crippen molar-refractivity contribution in [1.82, 2.24) is 9.88 Å². The van der Waals surface area contributed by atoms with Gasteiger partial charge < -0.3 is 15.1 Å². The lowest BCUT2D eigenvalue weighted by molar-refractivity contribution is 0.0766. The SMILES string of the molecule is C#CC1CCCN1C(=O)c1cc(-c2ncc([C@](C)(N)Cc3ccccc3)o2)cc(-c2cccc(SC(C)C)c2C#N)c1. The van der Waals surface area contributed by atoms with Crippen LogP contribution < -0.4 is 5.73 Å². The first kappa shape index (κ1) is 29.2. The third kappa shape index (κ3) is 6.14. The number of nitrogens with two attached hydrogens (primary N) is 1. The summed E-state index contributed by atoms with van der Waals surface area (Å²) in [4.78, 5) is 21.0. The average Bonchev–Trinajstić information content (AvgIpc) is 3.67. The summed E-state index contributed by atoms with van der Waals surface area (Å²) in [5, 5.41) is 10.5. The molecule has 6 nitrogen and oxygen atoms in total. The zero-order valence-corrected chi connectivity index (χ0v) is 24.9. The second-order valence-electron chi connectivity index (χ2n) is 11.2. The van der Waals surface area contributed by atoms with Crippen LogP contribution in [0.3, 0.4) is 0 Å². The normalized spacial score (nSPS) is 16.2. The fourth-order valence-corrected chi connectivity index (χ4v) is 6.34. The van der Waals surface area contributed by atoms with Gasteiger partial charge in [-0.05, 0) is 61.6 Å². The van der Waals surface area contributed by atoms with Gasteiger partial charge in [0, 0.05) is 33.4 Å². The van der Waals surface area contributed by atoms with Gasteiger partial charge in [-0.15, -0.1) is 18.2 Å². The summed E-state index contributed by atoms with van der Waals surface area (Å²) in [6.45, 7) is 6.71. The highest BCUT2D eigenvalue weighted by atomic mass is 32.2. The minimum atomic E-state index is -0.797. The van der Waals surface area contributed by atoms with Crippen molar-refractivity contribution in [2.45, 2.75) is 61.8 Å². The first-order valence-electron chi connectivity index (χ1n) is 14.1. The second kappa shape index (κ2) is 12.3. The van der Waals surface area contributed by atoms with Gasteiger partial charge in [-0.2, -0.15) is 5.26 Å². The lowest BCUT2D eigenvalue weighted by Crippen LogP contribution is -2.35. The van der Waals surface area contributed by atoms with E-state index in [-0.39, 0.29) is 11.9 Å². The molecule has 1 fully saturated rings. The molecular weight excluding hydrogens is 540 g/mol. The minimum Gasteiger partial charge on any atom is -0.439 e. The Hall–Kier alpha value is -4.30. The molecule has 3 aromatic carbocycles. The molecule has 0 aliphatic carbocycles. The predicted octanol–water partition coefficient (Wildman–Crippen LogP) is 7.04. The van der Waals surface area contributed by atoms with Crippen LogP contribution in [0.1, 0.15) is 60.9 Å². The monoisotopic (exact) mass is 574 g/mol. The molecule has 7 heteroatoms. The van der Waals surface area contributed by atoms with Gasteiger partial charge in [0.1, 0.15) is 11.8 Å². The van der Waals surface area contributed by atoms with Crippen molar-refractivity contribution in [3.8, 4) is 41.0 Å². The zero-order valence-electron chi connectivity index (χ0n) is 24.1. The number of aromatic nitrogens is 1. The van der Waals surface area contributed by atoms with Crippen LogP contribution >= 0.6 is 11.8 Å². The molecule has 0 saturated carbocycles. The number of likely N-dealkylation sites (tertiary alicyclic amines) is 1. The Morgan fingerprint density at radius 3 is 2.67 bits per heavy atom. The van der Waals surface area contributed by atoms with Crippen LogP contribution in [0.4, 0.5) is 0 Å². The minimum absolute atomic E-state index is 0.149. The molecule has 1 unspecified atom stereocenters. The summed E-state index contributed by atoms with van der Waals surface area (Å²) in [7, 11) is 0. The molecule has 1 aromatic heterocycles. The molecule has 1 saturated heterocycles. The van der Waals surface area contributed by atoms with Crippen LogP contribution in [-0.4, -0.2) is 33.6 Å². The number of nitrogens with zero attached hydrogens (tertiary/aromatic N) is 3. The topological polar surface area (TPSA) is 96.2 Å². The smallest absolute Gasteiger partial charge is 0.254 e. The molecule has 2 heterocycles. The average molecular weight is 575 g/mol. The predicted molar refractivity (Wildman–Crippen MR) is 168 cm³/mol. The zero-order chi connectivity index (χ0) is 29.9. The third-order valence-electron chi connectivity index (χ3n) is 7.43. The second-order valence-corrected chi connectivity index (χ2v) is 12.8. The molecule has 2 atom stereocenters. The number of carbonyl (C=O) groups is 1. The summed E-state index contributed by atoms with van der Waals surface area (Å²) < 4.78 is 6.27. The van der Waals surface area contributed by atoms with Gasteiger partial charge in [-0.25, -0.2) is 4.98 Å². The molecule has 0 radical (unpaired) electrons. The Bertz CT molecular complexity index is 1680. The van der Waals surface area contributed by atoms with Gasteiger partial charge >= 0.3 is 0 Å². The fourth-order valence-electron chi connectivity index (χ4n) is 5.40. The number of amides is 1. The fraction of sp³-hybridized carbons (Fsp3) is 0.286. The molecule has 1 aliphatic rings. The third-order valence-corrected chi connectivity index (χ3v) is 8.49. The number of hydrogen-bond donors (Lipinski definition) is 1. The van der Waals surface area contributed by atoms with Crippen molar-refractivity contribution in [2.24, 2.45) is 5.73 Å². The number of terminal acetylenes is 1. The maximum absolute atomic E-state index is 13.8. The van der Waals surface area contributed by atoms with Gasteiger partial charge in [0.15, 0.2) is 0 Å². The van der Waals surface area contributed by atoms with E-state index < -0.39 is 5.54 Å². The summed E-state index contributed by atoms with van der Waals surface area (Å²) in [5.41, 5.74) is 10.1. The number of thioether (sulfide) groups is 1. The van der Waals surface area contributed by atoms with Crippen LogP contribution in [0.2, 0.25) is 0 Å². The molecule has 4 aromatic rings. The largest absolute Gasteiger partial charge is 0.439 e. The molecule has 1 amide bonds. The Labute approximate surface area is 251 Å². The number of nitriles is 1. The summed E-state index contributed by atoms with van der Waals surface area (Å²) in [5.74, 6) is 3.50. The van der Waals surface area contributed by atoms with Gasteiger partial charge in [0.25, 0.3) is 5.91 Å². The molecule has 0 spiro atoms. The molecule has 0 bridgehead atoms. The molecule has 2 N–H and O–H groups in total. The van der Waals surface area contributed by atoms with E-state index in [0.29, 0.717) is 46.6 Å². The van der Waals surface area contributed by atoms with E-state index in [9.17, 15) is 10.1 Å². The van der Waals surface area contributed by atoms with E-state index in [1.165, 1.54) is 0 Å². The maximum atomic E-state index is 13.8. The first-order chi connectivity index (χ1) is 20.2. The molecule has 212 valence electrons. The summed E-state index contributed by atoms with van der Waals surface area (Å²) in [6, 6.07) is 23.5. The van der Waals surface area contributed by atoms with Gasteiger partial charge in [0.05, 0.1) is 23.3 Å². The van der Waals surface area contributed by atoms with Gasteiger partial charge in [-0.3, -0.25) is 4.79 Å². The maximum Gasteiger partial charge on any atom is 0.254 e. The van der Waals surface area contributed by atoms with Crippen LogP contribution in [0.15, 0.2) is 82.2 Å². The van der Waals surface area contributed by atoms with Crippen molar-refractivity contribution in [3.05, 3.63) is 95.4 Å². The quantitative estimate of drug-likeness (QED) is 0.179. The summed E-state index contributed by atoms with van der Waals surface area (Å²) >= 11 is 1.64. The van der Waals surface area contributed by atoms with E-state index >= 15 is 0 Å². The Morgan fingerprint density at radius 2 is 1.95 bits per heavy atom. The summed E-state index contributed by atoms with van der Waals surface area (Å²) in [6.07, 6.45) is 9.62. The highest BCUT2D eigenvalue weighted by molar-refractivity contribution is 8.00. The van der Waals surface area contributed by atoms with Crippen molar-refractivity contribution in [3.63, 3.8) is 0 Å². The highest BCUT2D eigenvalue weighted by Crippen LogP contribution is 2.37. The van der Waals surface area contributed by atoms with Crippen LogP contribution in [0.25, 0.3) is 22.6 Å². The van der Waals surface area contributed by atoms with E-state index in [4.69, 9.17) is 16.6 Å². The highest BCUT2D eigenvalue weighted by Gasteiger charge is 2.30. The van der Waals surface area contributed by atoms with E-state index in [1.807, 2.05) is 67.6 Å². The Kier molecular flexibility index (Phi) is 8.54. The van der Waals surface area contributed by atoms with Crippen molar-refractivity contribution < 1.29 is 9.21 Å². The molecular formula is C35H34N4O2S. The Balaban J connectivity index is 1.60. The van der Waals surface area contributed by atoms with Gasteiger partial charge in [-0.1, -0.05) is 62.2 Å². The van der Waals surface area contributed by atoms with Crippen LogP contribution in [0, 0.1) is 23.7 Å². The number of oxazole rings is 1. The lowest BCUT2D eigenvalue weighted by atomic mass is 9.92. The number of rotatable bonds is 8. The molecule has 42 heavy (non-hydrogen) atoms.